The molecule has 1 aliphatic heterocycles. The number of carbonyl (C=O) groups is 1. The molecule has 1 N–H and O–H groups in total. The monoisotopic (exact) mass is 358 g/mol. The first-order valence-corrected chi connectivity index (χ1v) is 9.03. The number of methoxy groups -OCH3 is 1. The number of para-hydroxylation sites is 1. The predicted octanol–water partition coefficient (Wildman–Crippen LogP) is 2.09. The Morgan fingerprint density at radius 2 is 2.23 bits per heavy atom. The molecule has 1 atom stereocenters. The second kappa shape index (κ2) is 8.80. The third-order valence-electron chi connectivity index (χ3n) is 4.68. The molecule has 26 heavy (non-hydrogen) atoms. The van der Waals surface area contributed by atoms with E-state index < -0.39 is 0 Å². The molecule has 1 saturated heterocycles. The zero-order valence-corrected chi connectivity index (χ0v) is 15.4. The Hall–Kier alpha value is -2.41. The number of hydrogen-bond donors (Lipinski definition) is 1. The molecule has 0 aliphatic carbocycles. The number of ether oxygens (including phenoxy) is 2. The molecule has 1 aliphatic rings. The fraction of sp³-hybridized carbons (Fsp3) is 0.526. The van der Waals surface area contributed by atoms with Crippen molar-refractivity contribution in [2.24, 2.45) is 0 Å². The van der Waals surface area contributed by atoms with E-state index in [2.05, 4.69) is 15.2 Å². The van der Waals surface area contributed by atoms with Crippen LogP contribution in [0.15, 0.2) is 24.3 Å². The summed E-state index contributed by atoms with van der Waals surface area (Å²) in [5.41, 5.74) is 1.03. The van der Waals surface area contributed by atoms with E-state index >= 15 is 0 Å². The Bertz CT molecular complexity index is 731. The van der Waals surface area contributed by atoms with Crippen molar-refractivity contribution < 1.29 is 14.3 Å². The van der Waals surface area contributed by atoms with Gasteiger partial charge in [0.25, 0.3) is 5.91 Å². The first kappa shape index (κ1) is 18.4. The first-order valence-electron chi connectivity index (χ1n) is 9.03. The number of piperidine rings is 1. The van der Waals surface area contributed by atoms with Crippen LogP contribution < -0.4 is 4.74 Å². The lowest BCUT2D eigenvalue weighted by Crippen LogP contribution is -2.41. The van der Waals surface area contributed by atoms with E-state index in [0.717, 1.165) is 42.3 Å². The summed E-state index contributed by atoms with van der Waals surface area (Å²) < 4.78 is 10.8. The molecule has 0 saturated carbocycles. The Morgan fingerprint density at radius 1 is 1.38 bits per heavy atom. The van der Waals surface area contributed by atoms with Gasteiger partial charge < -0.3 is 14.4 Å². The van der Waals surface area contributed by atoms with Crippen LogP contribution in [-0.2, 0) is 16.0 Å². The number of carbonyl (C=O) groups excluding carboxylic acids is 1. The third kappa shape index (κ3) is 4.60. The number of amides is 1. The van der Waals surface area contributed by atoms with Crippen LogP contribution in [0.2, 0.25) is 0 Å². The summed E-state index contributed by atoms with van der Waals surface area (Å²) in [6, 6.07) is 7.73. The largest absolute Gasteiger partial charge is 0.484 e. The molecule has 1 aromatic heterocycles. The van der Waals surface area contributed by atoms with Crippen LogP contribution in [0.3, 0.4) is 0 Å². The van der Waals surface area contributed by atoms with Crippen LogP contribution in [-0.4, -0.2) is 59.4 Å². The number of nitrogens with zero attached hydrogens (tertiary/aromatic N) is 3. The number of benzene rings is 1. The minimum atomic E-state index is 0.00750. The molecule has 2 heterocycles. The summed E-state index contributed by atoms with van der Waals surface area (Å²) in [6.45, 7) is 4.04. The quantitative estimate of drug-likeness (QED) is 0.820. The number of aromatic nitrogens is 3. The molecular weight excluding hydrogens is 332 g/mol. The fourth-order valence-corrected chi connectivity index (χ4v) is 3.17. The van der Waals surface area contributed by atoms with Gasteiger partial charge in [0.1, 0.15) is 11.6 Å². The van der Waals surface area contributed by atoms with E-state index in [-0.39, 0.29) is 18.4 Å². The van der Waals surface area contributed by atoms with Crippen LogP contribution in [0.5, 0.6) is 5.75 Å². The van der Waals surface area contributed by atoms with Gasteiger partial charge in [-0.15, -0.1) is 0 Å². The number of nitrogens with one attached hydrogen (secondary N) is 1. The highest BCUT2D eigenvalue weighted by molar-refractivity contribution is 5.78. The summed E-state index contributed by atoms with van der Waals surface area (Å²) in [6.07, 6.45) is 2.65. The van der Waals surface area contributed by atoms with Crippen molar-refractivity contribution in [3.05, 3.63) is 41.5 Å². The predicted molar refractivity (Wildman–Crippen MR) is 97.2 cm³/mol. The molecule has 0 spiro atoms. The normalized spacial score (nSPS) is 17.3. The van der Waals surface area contributed by atoms with E-state index in [1.54, 1.807) is 7.11 Å². The van der Waals surface area contributed by atoms with Crippen molar-refractivity contribution in [2.75, 3.05) is 33.4 Å². The zero-order valence-electron chi connectivity index (χ0n) is 15.4. The standard InChI is InChI=1S/C19H26N4O3/c1-14-6-3-4-8-16(14)26-13-18(24)23-10-5-7-15(12-23)19-20-17(21-22-19)9-11-25-2/h3-4,6,8,15H,5,7,9-13H2,1-2H3,(H,20,21,22)/t15-/m0/s1. The Balaban J connectivity index is 1.55. The van der Waals surface area contributed by atoms with Crippen molar-refractivity contribution in [2.45, 2.75) is 32.1 Å². The van der Waals surface area contributed by atoms with Crippen molar-refractivity contribution in [3.8, 4) is 5.75 Å². The van der Waals surface area contributed by atoms with E-state index in [4.69, 9.17) is 9.47 Å². The van der Waals surface area contributed by atoms with E-state index in [1.807, 2.05) is 36.1 Å². The molecule has 0 radical (unpaired) electrons. The topological polar surface area (TPSA) is 80.3 Å². The van der Waals surface area contributed by atoms with E-state index in [0.29, 0.717) is 19.6 Å². The van der Waals surface area contributed by atoms with Crippen molar-refractivity contribution in [1.82, 2.24) is 20.1 Å². The lowest BCUT2D eigenvalue weighted by atomic mass is 9.97. The smallest absolute Gasteiger partial charge is 0.260 e. The zero-order chi connectivity index (χ0) is 18.4. The summed E-state index contributed by atoms with van der Waals surface area (Å²) >= 11 is 0. The minimum absolute atomic E-state index is 0.00750. The number of aromatic amines is 1. The van der Waals surface area contributed by atoms with Crippen molar-refractivity contribution in [3.63, 3.8) is 0 Å². The van der Waals surface area contributed by atoms with E-state index in [1.165, 1.54) is 0 Å². The summed E-state index contributed by atoms with van der Waals surface area (Å²) in [4.78, 5) is 19.0. The van der Waals surface area contributed by atoms with Crippen LogP contribution in [0.25, 0.3) is 0 Å². The average Bonchev–Trinajstić information content (AvgIpc) is 3.14. The molecule has 0 bridgehead atoms. The summed E-state index contributed by atoms with van der Waals surface area (Å²) in [5.74, 6) is 2.54. The van der Waals surface area contributed by atoms with Gasteiger partial charge in [-0.1, -0.05) is 18.2 Å². The highest BCUT2D eigenvalue weighted by Gasteiger charge is 2.27. The average molecular weight is 358 g/mol. The molecule has 7 nitrogen and oxygen atoms in total. The Labute approximate surface area is 153 Å². The number of H-pyrrole nitrogens is 1. The molecule has 140 valence electrons. The number of rotatable bonds is 7. The molecule has 3 rings (SSSR count). The van der Waals surface area contributed by atoms with Crippen molar-refractivity contribution >= 4 is 5.91 Å². The molecule has 1 fully saturated rings. The molecule has 7 heteroatoms. The maximum absolute atomic E-state index is 12.5. The van der Waals surface area contributed by atoms with Crippen LogP contribution in [0.4, 0.5) is 0 Å². The SMILES string of the molecule is COCCc1nc([C@H]2CCCN(C(=O)COc3ccccc3C)C2)n[nH]1. The molecule has 1 aromatic carbocycles. The lowest BCUT2D eigenvalue weighted by Gasteiger charge is -2.31. The second-order valence-electron chi connectivity index (χ2n) is 6.62. The molecular formula is C19H26N4O3. The van der Waals surface area contributed by atoms with Crippen LogP contribution >= 0.6 is 0 Å². The number of likely N-dealkylation sites (tertiary alicyclic amines) is 1. The lowest BCUT2D eigenvalue weighted by molar-refractivity contribution is -0.134. The Morgan fingerprint density at radius 3 is 3.04 bits per heavy atom. The maximum Gasteiger partial charge on any atom is 0.260 e. The molecule has 0 unspecified atom stereocenters. The molecule has 1 amide bonds. The van der Waals surface area contributed by atoms with Gasteiger partial charge >= 0.3 is 0 Å². The Kier molecular flexibility index (Phi) is 6.22. The number of hydrogen-bond acceptors (Lipinski definition) is 5. The van der Waals surface area contributed by atoms with Gasteiger partial charge in [0.05, 0.1) is 6.61 Å². The summed E-state index contributed by atoms with van der Waals surface area (Å²) in [7, 11) is 1.67. The van der Waals surface area contributed by atoms with E-state index in [9.17, 15) is 4.79 Å². The van der Waals surface area contributed by atoms with Crippen LogP contribution in [0.1, 0.15) is 36.0 Å². The van der Waals surface area contributed by atoms with Crippen LogP contribution in [0, 0.1) is 6.92 Å². The summed E-state index contributed by atoms with van der Waals surface area (Å²) in [5, 5.41) is 7.30. The van der Waals surface area contributed by atoms with Crippen molar-refractivity contribution in [1.29, 1.82) is 0 Å². The minimum Gasteiger partial charge on any atom is -0.484 e. The second-order valence-corrected chi connectivity index (χ2v) is 6.62. The van der Waals surface area contributed by atoms with Gasteiger partial charge in [0, 0.05) is 32.5 Å². The van der Waals surface area contributed by atoms with Gasteiger partial charge in [0.2, 0.25) is 0 Å². The maximum atomic E-state index is 12.5. The van der Waals surface area contributed by atoms with Gasteiger partial charge in [-0.25, -0.2) is 4.98 Å². The fourth-order valence-electron chi connectivity index (χ4n) is 3.17. The van der Waals surface area contributed by atoms with Gasteiger partial charge in [-0.05, 0) is 31.4 Å². The number of aryl methyl sites for hydroxylation is 1. The highest BCUT2D eigenvalue weighted by atomic mass is 16.5. The third-order valence-corrected chi connectivity index (χ3v) is 4.68. The van der Waals surface area contributed by atoms with Gasteiger partial charge in [-0.3, -0.25) is 9.89 Å². The highest BCUT2D eigenvalue weighted by Crippen LogP contribution is 2.25. The molecule has 2 aromatic rings. The van der Waals surface area contributed by atoms with Gasteiger partial charge in [0.15, 0.2) is 12.4 Å². The first-order chi connectivity index (χ1) is 12.7. The van der Waals surface area contributed by atoms with Gasteiger partial charge in [-0.2, -0.15) is 5.10 Å².